The molecule has 116 valence electrons. The molecular formula is C15H20N6O. The average Bonchev–Trinajstić information content (AvgIpc) is 2.98. The zero-order valence-corrected chi connectivity index (χ0v) is 12.9. The van der Waals surface area contributed by atoms with E-state index in [1.54, 1.807) is 4.68 Å². The molecule has 0 saturated carbocycles. The van der Waals surface area contributed by atoms with Crippen LogP contribution in [0.1, 0.15) is 26.1 Å². The molecule has 0 aromatic carbocycles. The van der Waals surface area contributed by atoms with Crippen molar-refractivity contribution in [3.63, 3.8) is 0 Å². The van der Waals surface area contributed by atoms with Crippen molar-refractivity contribution in [1.29, 1.82) is 5.26 Å². The zero-order chi connectivity index (χ0) is 15.6. The van der Waals surface area contributed by atoms with Crippen LogP contribution >= 0.6 is 0 Å². The van der Waals surface area contributed by atoms with Crippen LogP contribution in [-0.2, 0) is 11.3 Å². The second-order valence-corrected chi connectivity index (χ2v) is 6.25. The van der Waals surface area contributed by atoms with E-state index >= 15 is 0 Å². The van der Waals surface area contributed by atoms with E-state index in [0.29, 0.717) is 19.6 Å². The number of hydrogen-bond donors (Lipinski definition) is 0. The number of rotatable bonds is 3. The van der Waals surface area contributed by atoms with Crippen LogP contribution in [0.3, 0.4) is 0 Å². The van der Waals surface area contributed by atoms with Gasteiger partial charge in [0.15, 0.2) is 5.82 Å². The summed E-state index contributed by atoms with van der Waals surface area (Å²) in [6.45, 7) is 7.31. The van der Waals surface area contributed by atoms with Crippen LogP contribution in [0, 0.1) is 17.2 Å². The molecule has 0 radical (unpaired) electrons. The molecule has 22 heavy (non-hydrogen) atoms. The molecule has 1 aromatic heterocycles. The van der Waals surface area contributed by atoms with E-state index in [1.165, 1.54) is 0 Å². The zero-order valence-electron chi connectivity index (χ0n) is 12.9. The molecule has 2 aliphatic rings. The Balaban J connectivity index is 1.77. The third-order valence-corrected chi connectivity index (χ3v) is 4.17. The second kappa shape index (κ2) is 5.99. The minimum atomic E-state index is -0.0538. The van der Waals surface area contributed by atoms with E-state index in [2.05, 4.69) is 40.3 Å². The summed E-state index contributed by atoms with van der Waals surface area (Å²) in [5.74, 6) is 0.753. The van der Waals surface area contributed by atoms with Crippen molar-refractivity contribution in [1.82, 2.24) is 25.1 Å². The Morgan fingerprint density at radius 1 is 1.50 bits per heavy atom. The third kappa shape index (κ3) is 2.93. The lowest BCUT2D eigenvalue weighted by Gasteiger charge is -2.41. The van der Waals surface area contributed by atoms with Crippen molar-refractivity contribution in [2.45, 2.75) is 32.4 Å². The van der Waals surface area contributed by atoms with Crippen molar-refractivity contribution in [2.24, 2.45) is 5.92 Å². The Hall–Kier alpha value is -2.04. The molecule has 7 nitrogen and oxygen atoms in total. The number of tetrazole rings is 1. The standard InChI is InChI=1S/C15H20N6O/c1-15(2)11-22-8-7-20(15)10-14-17-18-19-21(14)13-5-3-12(9-16)4-6-13/h3,5-6,12H,4,7-8,10-11H2,1-2H3. The summed E-state index contributed by atoms with van der Waals surface area (Å²) < 4.78 is 7.31. The van der Waals surface area contributed by atoms with E-state index in [-0.39, 0.29) is 11.5 Å². The monoisotopic (exact) mass is 300 g/mol. The van der Waals surface area contributed by atoms with Gasteiger partial charge in [-0.1, -0.05) is 12.2 Å². The van der Waals surface area contributed by atoms with E-state index in [9.17, 15) is 0 Å². The number of hydrogen-bond acceptors (Lipinski definition) is 6. The smallest absolute Gasteiger partial charge is 0.170 e. The van der Waals surface area contributed by atoms with Crippen LogP contribution in [0.15, 0.2) is 18.2 Å². The highest BCUT2D eigenvalue weighted by Crippen LogP contribution is 2.23. The van der Waals surface area contributed by atoms with Crippen molar-refractivity contribution >= 4 is 5.70 Å². The van der Waals surface area contributed by atoms with E-state index in [1.807, 2.05) is 18.2 Å². The van der Waals surface area contributed by atoms with Gasteiger partial charge < -0.3 is 4.74 Å². The molecule has 0 spiro atoms. The molecule has 0 N–H and O–H groups in total. The van der Waals surface area contributed by atoms with Gasteiger partial charge in [0.05, 0.1) is 37.4 Å². The summed E-state index contributed by atoms with van der Waals surface area (Å²) in [6.07, 6.45) is 6.53. The summed E-state index contributed by atoms with van der Waals surface area (Å²) >= 11 is 0. The molecule has 1 saturated heterocycles. The summed E-state index contributed by atoms with van der Waals surface area (Å²) in [5, 5.41) is 21.0. The number of allylic oxidation sites excluding steroid dienone is 4. The summed E-state index contributed by atoms with van der Waals surface area (Å²) in [6, 6.07) is 2.25. The lowest BCUT2D eigenvalue weighted by atomic mass is 10.0. The van der Waals surface area contributed by atoms with Gasteiger partial charge in [0.2, 0.25) is 0 Å². The van der Waals surface area contributed by atoms with Gasteiger partial charge in [-0.05, 0) is 36.8 Å². The molecular weight excluding hydrogens is 280 g/mol. The molecule has 2 heterocycles. The first-order valence-corrected chi connectivity index (χ1v) is 7.48. The van der Waals surface area contributed by atoms with Gasteiger partial charge in [0.25, 0.3) is 0 Å². The third-order valence-electron chi connectivity index (χ3n) is 4.17. The lowest BCUT2D eigenvalue weighted by molar-refractivity contribution is -0.0565. The lowest BCUT2D eigenvalue weighted by Crippen LogP contribution is -2.52. The Labute approximate surface area is 129 Å². The van der Waals surface area contributed by atoms with Crippen LogP contribution in [0.2, 0.25) is 0 Å². The highest BCUT2D eigenvalue weighted by atomic mass is 16.5. The number of ether oxygens (including phenoxy) is 1. The molecule has 1 aliphatic carbocycles. The summed E-state index contributed by atoms with van der Waals surface area (Å²) in [5.41, 5.74) is 0.898. The van der Waals surface area contributed by atoms with E-state index < -0.39 is 0 Å². The predicted molar refractivity (Wildman–Crippen MR) is 80.3 cm³/mol. The largest absolute Gasteiger partial charge is 0.378 e. The molecule has 1 unspecified atom stereocenters. The van der Waals surface area contributed by atoms with Gasteiger partial charge in [0.1, 0.15) is 0 Å². The fraction of sp³-hybridized carbons (Fsp3) is 0.600. The highest BCUT2D eigenvalue weighted by molar-refractivity contribution is 5.58. The van der Waals surface area contributed by atoms with Crippen LogP contribution in [0.25, 0.3) is 5.70 Å². The Kier molecular flexibility index (Phi) is 4.05. The SMILES string of the molecule is CC1(C)COCCN1Cc1nnnn1C1=CCC(C#N)C=C1. The molecule has 1 fully saturated rings. The highest BCUT2D eigenvalue weighted by Gasteiger charge is 2.31. The van der Waals surface area contributed by atoms with E-state index in [0.717, 1.165) is 24.7 Å². The Morgan fingerprint density at radius 2 is 2.36 bits per heavy atom. The Morgan fingerprint density at radius 3 is 3.05 bits per heavy atom. The molecule has 1 atom stereocenters. The van der Waals surface area contributed by atoms with Crippen molar-refractivity contribution in [3.05, 3.63) is 24.1 Å². The first kappa shape index (κ1) is 14.9. The van der Waals surface area contributed by atoms with Gasteiger partial charge in [0, 0.05) is 12.1 Å². The fourth-order valence-corrected chi connectivity index (χ4v) is 2.72. The van der Waals surface area contributed by atoms with Gasteiger partial charge in [-0.3, -0.25) is 4.90 Å². The minimum Gasteiger partial charge on any atom is -0.378 e. The number of aromatic nitrogens is 4. The fourth-order valence-electron chi connectivity index (χ4n) is 2.72. The minimum absolute atomic E-state index is 0.0300. The normalized spacial score (nSPS) is 24.8. The molecule has 7 heteroatoms. The van der Waals surface area contributed by atoms with Gasteiger partial charge in [-0.25, -0.2) is 0 Å². The maximum atomic E-state index is 8.94. The predicted octanol–water partition coefficient (Wildman–Crippen LogP) is 1.22. The molecule has 1 aliphatic heterocycles. The van der Waals surface area contributed by atoms with Crippen LogP contribution in [0.5, 0.6) is 0 Å². The van der Waals surface area contributed by atoms with Crippen molar-refractivity contribution in [3.8, 4) is 6.07 Å². The van der Waals surface area contributed by atoms with Crippen LogP contribution < -0.4 is 0 Å². The molecule has 0 bridgehead atoms. The maximum absolute atomic E-state index is 8.94. The summed E-state index contributed by atoms with van der Waals surface area (Å²) in [7, 11) is 0. The van der Waals surface area contributed by atoms with Crippen molar-refractivity contribution in [2.75, 3.05) is 19.8 Å². The average molecular weight is 300 g/mol. The first-order valence-electron chi connectivity index (χ1n) is 7.48. The molecule has 3 rings (SSSR count). The van der Waals surface area contributed by atoms with Gasteiger partial charge in [-0.2, -0.15) is 9.94 Å². The van der Waals surface area contributed by atoms with Gasteiger partial charge >= 0.3 is 0 Å². The first-order chi connectivity index (χ1) is 10.6. The Bertz CT molecular complexity index is 639. The maximum Gasteiger partial charge on any atom is 0.170 e. The molecule has 1 aromatic rings. The number of nitrogens with zero attached hydrogens (tertiary/aromatic N) is 6. The van der Waals surface area contributed by atoms with Crippen LogP contribution in [-0.4, -0.2) is 50.4 Å². The number of nitriles is 1. The summed E-state index contributed by atoms with van der Waals surface area (Å²) in [4.78, 5) is 2.34. The van der Waals surface area contributed by atoms with Crippen molar-refractivity contribution < 1.29 is 4.74 Å². The quantitative estimate of drug-likeness (QED) is 0.835. The van der Waals surface area contributed by atoms with Gasteiger partial charge in [-0.15, -0.1) is 5.10 Å². The topological polar surface area (TPSA) is 79.9 Å². The second-order valence-electron chi connectivity index (χ2n) is 6.25. The molecule has 0 amide bonds. The number of morpholine rings is 1. The van der Waals surface area contributed by atoms with E-state index in [4.69, 9.17) is 10.00 Å². The van der Waals surface area contributed by atoms with Crippen LogP contribution in [0.4, 0.5) is 0 Å².